The molecule has 0 saturated heterocycles. The summed E-state index contributed by atoms with van der Waals surface area (Å²) in [5, 5.41) is 4.17. The zero-order valence-corrected chi connectivity index (χ0v) is 10.1. The van der Waals surface area contributed by atoms with Crippen LogP contribution in [-0.4, -0.2) is 14.8 Å². The van der Waals surface area contributed by atoms with E-state index in [1.807, 2.05) is 23.9 Å². The summed E-state index contributed by atoms with van der Waals surface area (Å²) in [5.74, 6) is 1.08. The Bertz CT molecular complexity index is 507. The molecule has 2 aromatic rings. The van der Waals surface area contributed by atoms with Gasteiger partial charge in [0.25, 0.3) is 0 Å². The third-order valence-electron chi connectivity index (χ3n) is 2.29. The van der Waals surface area contributed by atoms with Crippen LogP contribution < -0.4 is 10.5 Å². The molecule has 2 rings (SSSR count). The van der Waals surface area contributed by atoms with Crippen molar-refractivity contribution < 1.29 is 4.74 Å². The molecule has 0 radical (unpaired) electrons. The maximum Gasteiger partial charge on any atom is 0.242 e. The highest BCUT2D eigenvalue weighted by atomic mass is 16.5. The summed E-state index contributed by atoms with van der Waals surface area (Å²) in [4.78, 5) is 4.14. The van der Waals surface area contributed by atoms with E-state index in [1.54, 1.807) is 12.4 Å². The van der Waals surface area contributed by atoms with Gasteiger partial charge in [0.05, 0.1) is 18.1 Å². The lowest BCUT2D eigenvalue weighted by Crippen LogP contribution is -1.96. The van der Waals surface area contributed by atoms with Crippen LogP contribution in [0.5, 0.6) is 11.6 Å². The molecule has 0 amide bonds. The number of hydrogen-bond acceptors (Lipinski definition) is 4. The number of nitrogen functional groups attached to an aromatic ring is 1. The topological polar surface area (TPSA) is 66.0 Å². The Morgan fingerprint density at radius 2 is 2.24 bits per heavy atom. The molecule has 0 aromatic carbocycles. The molecule has 17 heavy (non-hydrogen) atoms. The first-order valence-corrected chi connectivity index (χ1v) is 5.61. The van der Waals surface area contributed by atoms with E-state index in [9.17, 15) is 0 Å². The van der Waals surface area contributed by atoms with Crippen LogP contribution in [0.2, 0.25) is 0 Å². The Hall–Kier alpha value is -2.04. The molecule has 0 aliphatic heterocycles. The minimum Gasteiger partial charge on any atom is -0.434 e. The fourth-order valence-electron chi connectivity index (χ4n) is 1.52. The second-order valence-corrected chi connectivity index (χ2v) is 3.95. The van der Waals surface area contributed by atoms with E-state index in [2.05, 4.69) is 17.0 Å². The van der Waals surface area contributed by atoms with Gasteiger partial charge in [-0.2, -0.15) is 5.10 Å². The normalized spacial score (nSPS) is 10.5. The van der Waals surface area contributed by atoms with Crippen LogP contribution in [0.15, 0.2) is 24.7 Å². The van der Waals surface area contributed by atoms with E-state index in [4.69, 9.17) is 10.5 Å². The van der Waals surface area contributed by atoms with Gasteiger partial charge in [0.15, 0.2) is 5.75 Å². The van der Waals surface area contributed by atoms with Gasteiger partial charge in [0.1, 0.15) is 0 Å². The molecule has 5 nitrogen and oxygen atoms in total. The molecular formula is C12H16N4O. The van der Waals surface area contributed by atoms with Gasteiger partial charge >= 0.3 is 0 Å². The van der Waals surface area contributed by atoms with Gasteiger partial charge in [-0.15, -0.1) is 0 Å². The van der Waals surface area contributed by atoms with Crippen LogP contribution in [0.3, 0.4) is 0 Å². The molecule has 2 heterocycles. The Balaban J connectivity index is 2.13. The fourth-order valence-corrected chi connectivity index (χ4v) is 1.52. The number of aromatic nitrogens is 3. The third-order valence-corrected chi connectivity index (χ3v) is 2.29. The van der Waals surface area contributed by atoms with Gasteiger partial charge in [-0.25, -0.2) is 4.98 Å². The second-order valence-electron chi connectivity index (χ2n) is 3.95. The summed E-state index contributed by atoms with van der Waals surface area (Å²) in [5.41, 5.74) is 7.37. The van der Waals surface area contributed by atoms with E-state index in [1.165, 1.54) is 0 Å². The van der Waals surface area contributed by atoms with Crippen LogP contribution in [-0.2, 0) is 6.54 Å². The number of rotatable bonds is 4. The molecule has 0 fully saturated rings. The van der Waals surface area contributed by atoms with Crippen molar-refractivity contribution in [1.29, 1.82) is 0 Å². The zero-order chi connectivity index (χ0) is 12.3. The molecule has 0 aliphatic carbocycles. The first-order chi connectivity index (χ1) is 8.19. The van der Waals surface area contributed by atoms with Crippen LogP contribution in [0.25, 0.3) is 0 Å². The molecule has 0 spiro atoms. The van der Waals surface area contributed by atoms with Crippen molar-refractivity contribution in [2.24, 2.45) is 0 Å². The standard InChI is InChI=1S/C12H16N4O/c1-3-4-16-8-10(7-15-16)17-12-11(13)5-9(2)6-14-12/h5-8H,3-4,13H2,1-2H3. The third kappa shape index (κ3) is 2.75. The predicted molar refractivity (Wildman–Crippen MR) is 66.0 cm³/mol. The number of ether oxygens (including phenoxy) is 1. The molecule has 0 unspecified atom stereocenters. The lowest BCUT2D eigenvalue weighted by Gasteiger charge is -2.05. The predicted octanol–water partition coefficient (Wildman–Crippen LogP) is 2.37. The van der Waals surface area contributed by atoms with Gasteiger partial charge in [-0.1, -0.05) is 6.92 Å². The smallest absolute Gasteiger partial charge is 0.242 e. The Morgan fingerprint density at radius 1 is 1.41 bits per heavy atom. The summed E-state index contributed by atoms with van der Waals surface area (Å²) >= 11 is 0. The summed E-state index contributed by atoms with van der Waals surface area (Å²) in [6, 6.07) is 1.83. The summed E-state index contributed by atoms with van der Waals surface area (Å²) in [6.45, 7) is 4.91. The van der Waals surface area contributed by atoms with E-state index < -0.39 is 0 Å². The van der Waals surface area contributed by atoms with E-state index in [-0.39, 0.29) is 0 Å². The number of nitrogens with zero attached hydrogens (tertiary/aromatic N) is 3. The van der Waals surface area contributed by atoms with Gasteiger partial charge in [-0.05, 0) is 25.0 Å². The van der Waals surface area contributed by atoms with Crippen molar-refractivity contribution in [3.8, 4) is 11.6 Å². The highest BCUT2D eigenvalue weighted by Crippen LogP contribution is 2.24. The number of aryl methyl sites for hydroxylation is 2. The minimum absolute atomic E-state index is 0.423. The monoisotopic (exact) mass is 232 g/mol. The highest BCUT2D eigenvalue weighted by molar-refractivity contribution is 5.50. The van der Waals surface area contributed by atoms with Crippen molar-refractivity contribution in [3.05, 3.63) is 30.2 Å². The van der Waals surface area contributed by atoms with Gasteiger partial charge in [0, 0.05) is 12.7 Å². The molecule has 2 aromatic heterocycles. The Morgan fingerprint density at radius 3 is 2.94 bits per heavy atom. The van der Waals surface area contributed by atoms with Crippen molar-refractivity contribution in [2.75, 3.05) is 5.73 Å². The maximum absolute atomic E-state index is 5.82. The molecule has 0 atom stereocenters. The van der Waals surface area contributed by atoms with Crippen LogP contribution >= 0.6 is 0 Å². The largest absolute Gasteiger partial charge is 0.434 e. The first-order valence-electron chi connectivity index (χ1n) is 5.61. The zero-order valence-electron chi connectivity index (χ0n) is 10.1. The van der Waals surface area contributed by atoms with Crippen molar-refractivity contribution in [1.82, 2.24) is 14.8 Å². The van der Waals surface area contributed by atoms with Crippen LogP contribution in [0, 0.1) is 6.92 Å². The molecule has 0 aliphatic rings. The maximum atomic E-state index is 5.82. The summed E-state index contributed by atoms with van der Waals surface area (Å²) in [7, 11) is 0. The lowest BCUT2D eigenvalue weighted by molar-refractivity contribution is 0.463. The minimum atomic E-state index is 0.423. The quantitative estimate of drug-likeness (QED) is 0.878. The number of nitrogens with two attached hydrogens (primary N) is 1. The van der Waals surface area contributed by atoms with Gasteiger partial charge < -0.3 is 10.5 Å². The lowest BCUT2D eigenvalue weighted by atomic mass is 10.3. The highest BCUT2D eigenvalue weighted by Gasteiger charge is 2.05. The molecule has 2 N–H and O–H groups in total. The van der Waals surface area contributed by atoms with Crippen molar-refractivity contribution >= 4 is 5.69 Å². The SMILES string of the molecule is CCCn1cc(Oc2ncc(C)cc2N)cn1. The van der Waals surface area contributed by atoms with Crippen LogP contribution in [0.1, 0.15) is 18.9 Å². The van der Waals surface area contributed by atoms with Gasteiger partial charge in [-0.3, -0.25) is 4.68 Å². The molecule has 0 bridgehead atoms. The van der Waals surface area contributed by atoms with E-state index >= 15 is 0 Å². The van der Waals surface area contributed by atoms with E-state index in [0.717, 1.165) is 18.5 Å². The number of pyridine rings is 1. The number of anilines is 1. The summed E-state index contributed by atoms with van der Waals surface area (Å²) < 4.78 is 7.40. The van der Waals surface area contributed by atoms with Crippen molar-refractivity contribution in [3.63, 3.8) is 0 Å². The molecule has 5 heteroatoms. The Labute approximate surface area is 100 Å². The second kappa shape index (κ2) is 4.86. The average molecular weight is 232 g/mol. The first kappa shape index (κ1) is 11.4. The Kier molecular flexibility index (Phi) is 3.27. The summed E-state index contributed by atoms with van der Waals surface area (Å²) in [6.07, 6.45) is 6.26. The van der Waals surface area contributed by atoms with Crippen molar-refractivity contribution in [2.45, 2.75) is 26.8 Å². The van der Waals surface area contributed by atoms with E-state index in [0.29, 0.717) is 17.3 Å². The average Bonchev–Trinajstić information content (AvgIpc) is 2.71. The van der Waals surface area contributed by atoms with Gasteiger partial charge in [0.2, 0.25) is 5.88 Å². The molecule has 90 valence electrons. The molecular weight excluding hydrogens is 216 g/mol. The fraction of sp³-hybridized carbons (Fsp3) is 0.333. The molecule has 0 saturated carbocycles. The van der Waals surface area contributed by atoms with Crippen LogP contribution in [0.4, 0.5) is 5.69 Å². The number of hydrogen-bond donors (Lipinski definition) is 1.